The van der Waals surface area contributed by atoms with E-state index in [0.717, 1.165) is 33.1 Å². The van der Waals surface area contributed by atoms with Gasteiger partial charge in [-0.1, -0.05) is 237 Å². The lowest BCUT2D eigenvalue weighted by atomic mass is 9.65. The molecule has 0 unspecified atom stereocenters. The van der Waals surface area contributed by atoms with Crippen LogP contribution in [0.3, 0.4) is 0 Å². The molecule has 2 aliphatic rings. The molecular formula is C67H43NOSi. The number of hydrogen-bond donors (Lipinski definition) is 0. The van der Waals surface area contributed by atoms with Crippen LogP contribution in [0.1, 0.15) is 22.3 Å². The Morgan fingerprint density at radius 1 is 0.329 bits per heavy atom. The Morgan fingerprint density at radius 3 is 1.59 bits per heavy atom. The number of para-hydroxylation sites is 3. The van der Waals surface area contributed by atoms with Crippen LogP contribution in [0.5, 0.6) is 0 Å². The number of nitrogens with zero attached hydrogens (tertiary/aromatic N) is 1. The van der Waals surface area contributed by atoms with Crippen molar-refractivity contribution >= 4 is 72.6 Å². The summed E-state index contributed by atoms with van der Waals surface area (Å²) < 4.78 is 9.27. The highest BCUT2D eigenvalue weighted by Crippen LogP contribution is 2.61. The first-order valence-electron chi connectivity index (χ1n) is 24.3. The minimum absolute atomic E-state index is 0.561. The first-order valence-corrected chi connectivity index (χ1v) is 26.3. The van der Waals surface area contributed by atoms with Crippen LogP contribution in [-0.4, -0.2) is 12.6 Å². The fourth-order valence-electron chi connectivity index (χ4n) is 12.9. The van der Waals surface area contributed by atoms with Crippen molar-refractivity contribution in [1.82, 2.24) is 4.57 Å². The van der Waals surface area contributed by atoms with Gasteiger partial charge in [0.2, 0.25) is 0 Å². The monoisotopic (exact) mass is 905 g/mol. The molecule has 15 rings (SSSR count). The number of fused-ring (bicyclic) bond motifs is 15. The van der Waals surface area contributed by atoms with Gasteiger partial charge in [-0.3, -0.25) is 0 Å². The van der Waals surface area contributed by atoms with E-state index in [2.05, 4.69) is 265 Å². The van der Waals surface area contributed by atoms with E-state index in [1.807, 2.05) is 0 Å². The molecule has 0 bridgehead atoms. The molecule has 0 saturated heterocycles. The van der Waals surface area contributed by atoms with E-state index in [1.54, 1.807) is 0 Å². The Kier molecular flexibility index (Phi) is 8.34. The fraction of sp³-hybridized carbons (Fsp3) is 0.0149. The van der Waals surface area contributed by atoms with E-state index in [-0.39, 0.29) is 0 Å². The van der Waals surface area contributed by atoms with Crippen molar-refractivity contribution in [2.45, 2.75) is 5.41 Å². The van der Waals surface area contributed by atoms with Gasteiger partial charge in [0, 0.05) is 27.1 Å². The summed E-state index contributed by atoms with van der Waals surface area (Å²) in [4.78, 5) is 0. The maximum atomic E-state index is 6.65. The zero-order valence-corrected chi connectivity index (χ0v) is 39.2. The van der Waals surface area contributed by atoms with Gasteiger partial charge in [-0.05, 0) is 95.1 Å². The molecule has 13 aromatic rings. The van der Waals surface area contributed by atoms with Crippen molar-refractivity contribution in [1.29, 1.82) is 0 Å². The summed E-state index contributed by atoms with van der Waals surface area (Å²) in [6.45, 7) is 0. The topological polar surface area (TPSA) is 18.1 Å². The Bertz CT molecular complexity index is 4140. The molecular weight excluding hydrogens is 863 g/mol. The molecule has 1 spiro atoms. The van der Waals surface area contributed by atoms with Gasteiger partial charge in [0.1, 0.15) is 11.2 Å². The molecule has 326 valence electrons. The Labute approximate surface area is 407 Å². The molecule has 0 radical (unpaired) electrons. The van der Waals surface area contributed by atoms with Crippen molar-refractivity contribution < 1.29 is 4.42 Å². The van der Waals surface area contributed by atoms with Crippen LogP contribution in [0.2, 0.25) is 0 Å². The summed E-state index contributed by atoms with van der Waals surface area (Å²) in [5.74, 6) is 0. The summed E-state index contributed by atoms with van der Waals surface area (Å²) in [5.41, 5.74) is 17.5. The molecule has 3 heterocycles. The Balaban J connectivity index is 1.06. The highest BCUT2D eigenvalue weighted by Gasteiger charge is 2.52. The van der Waals surface area contributed by atoms with Crippen molar-refractivity contribution in [3.05, 3.63) is 283 Å². The SMILES string of the molecule is c1ccc(-c2ccc([Si](c3ccccc3)(c3ccccc3)c3ccc4c(c3)-n3c5ccc(-c6cccc7c6oc6ccccc67)cc5c5cccc(c53)C43c4ccccc4-c4ccccc43)cc2)cc1. The van der Waals surface area contributed by atoms with Crippen LogP contribution < -0.4 is 20.7 Å². The van der Waals surface area contributed by atoms with Gasteiger partial charge < -0.3 is 8.98 Å². The number of furan rings is 1. The van der Waals surface area contributed by atoms with E-state index < -0.39 is 13.5 Å². The van der Waals surface area contributed by atoms with Crippen molar-refractivity contribution in [3.8, 4) is 39.1 Å². The highest BCUT2D eigenvalue weighted by atomic mass is 28.3. The van der Waals surface area contributed by atoms with Crippen molar-refractivity contribution in [3.63, 3.8) is 0 Å². The molecule has 0 amide bonds. The molecule has 2 nitrogen and oxygen atoms in total. The second-order valence-electron chi connectivity index (χ2n) is 19.0. The Hall–Kier alpha value is -8.76. The van der Waals surface area contributed by atoms with E-state index >= 15 is 0 Å². The van der Waals surface area contributed by atoms with Gasteiger partial charge in [-0.25, -0.2) is 0 Å². The number of rotatable bonds is 6. The molecule has 2 aromatic heterocycles. The molecule has 70 heavy (non-hydrogen) atoms. The first kappa shape index (κ1) is 39.3. The molecule has 0 fully saturated rings. The molecule has 1 aliphatic heterocycles. The lowest BCUT2D eigenvalue weighted by Gasteiger charge is -2.41. The largest absolute Gasteiger partial charge is 0.455 e. The molecule has 0 N–H and O–H groups in total. The normalized spacial score (nSPS) is 13.3. The second kappa shape index (κ2) is 14.9. The third-order valence-corrected chi connectivity index (χ3v) is 20.5. The van der Waals surface area contributed by atoms with Gasteiger partial charge in [0.25, 0.3) is 0 Å². The quantitative estimate of drug-likeness (QED) is 0.120. The van der Waals surface area contributed by atoms with E-state index in [1.165, 1.54) is 92.7 Å². The van der Waals surface area contributed by atoms with E-state index in [0.29, 0.717) is 0 Å². The summed E-state index contributed by atoms with van der Waals surface area (Å²) in [5, 5.41) is 10.1. The van der Waals surface area contributed by atoms with Crippen LogP contribution in [-0.2, 0) is 5.41 Å². The molecule has 11 aromatic carbocycles. The highest BCUT2D eigenvalue weighted by molar-refractivity contribution is 7.20. The smallest absolute Gasteiger partial charge is 0.179 e. The fourth-order valence-corrected chi connectivity index (χ4v) is 17.6. The van der Waals surface area contributed by atoms with Gasteiger partial charge in [0.05, 0.1) is 22.1 Å². The molecule has 3 heteroatoms. The summed E-state index contributed by atoms with van der Waals surface area (Å²) >= 11 is 0. The lowest BCUT2D eigenvalue weighted by molar-refractivity contribution is 0.670. The third kappa shape index (κ3) is 5.22. The minimum atomic E-state index is -3.02. The number of aromatic nitrogens is 1. The lowest BCUT2D eigenvalue weighted by Crippen LogP contribution is -2.74. The summed E-state index contributed by atoms with van der Waals surface area (Å²) in [6.07, 6.45) is 0. The predicted octanol–water partition coefficient (Wildman–Crippen LogP) is 14.1. The Morgan fingerprint density at radius 2 is 0.857 bits per heavy atom. The van der Waals surface area contributed by atoms with Gasteiger partial charge in [-0.15, -0.1) is 0 Å². The van der Waals surface area contributed by atoms with Gasteiger partial charge in [0.15, 0.2) is 8.07 Å². The minimum Gasteiger partial charge on any atom is -0.455 e. The van der Waals surface area contributed by atoms with Crippen LogP contribution in [0, 0.1) is 0 Å². The van der Waals surface area contributed by atoms with Crippen LogP contribution in [0.15, 0.2) is 265 Å². The standard InChI is InChI=1S/C67H43NOSi/c1-4-18-44(19-5-1)45-34-37-49(38-35-45)70(47-20-6-2-7-21-47,48-22-8-3-9-23-48)50-39-40-60-63(43-50)68-62-41-36-46(51-27-16-29-56-54-26-12-15-33-64(54)69-66(51)56)42-57(62)55-28-17-32-61(65(55)68)67(60)58-30-13-10-24-52(58)53-25-11-14-31-59(53)67/h1-43H. The second-order valence-corrected chi connectivity index (χ2v) is 22.9. The first-order chi connectivity index (χ1) is 34.7. The van der Waals surface area contributed by atoms with Gasteiger partial charge in [-0.2, -0.15) is 0 Å². The van der Waals surface area contributed by atoms with Crippen LogP contribution in [0.4, 0.5) is 0 Å². The van der Waals surface area contributed by atoms with Crippen molar-refractivity contribution in [2.75, 3.05) is 0 Å². The zero-order chi connectivity index (χ0) is 46.0. The van der Waals surface area contributed by atoms with Crippen LogP contribution in [0.25, 0.3) is 82.8 Å². The predicted molar refractivity (Wildman–Crippen MR) is 293 cm³/mol. The average Bonchev–Trinajstić information content (AvgIpc) is 4.10. The van der Waals surface area contributed by atoms with E-state index in [9.17, 15) is 0 Å². The maximum Gasteiger partial charge on any atom is 0.179 e. The molecule has 0 saturated carbocycles. The maximum absolute atomic E-state index is 6.65. The number of hydrogen-bond acceptors (Lipinski definition) is 1. The van der Waals surface area contributed by atoms with E-state index in [4.69, 9.17) is 4.42 Å². The van der Waals surface area contributed by atoms with Crippen molar-refractivity contribution in [2.24, 2.45) is 0 Å². The zero-order valence-electron chi connectivity index (χ0n) is 38.2. The summed E-state index contributed by atoms with van der Waals surface area (Å²) in [6, 6.07) is 97.9. The molecule has 0 atom stereocenters. The van der Waals surface area contributed by atoms with Crippen LogP contribution >= 0.6 is 0 Å². The number of benzene rings is 11. The summed E-state index contributed by atoms with van der Waals surface area (Å²) in [7, 11) is -3.02. The average molecular weight is 906 g/mol. The molecule has 1 aliphatic carbocycles. The third-order valence-electron chi connectivity index (χ3n) is 15.8. The van der Waals surface area contributed by atoms with Gasteiger partial charge >= 0.3 is 0 Å².